The molecule has 1 atom stereocenters. The van der Waals surface area contributed by atoms with Gasteiger partial charge in [0.25, 0.3) is 11.5 Å². The molecule has 0 spiro atoms. The van der Waals surface area contributed by atoms with Gasteiger partial charge >= 0.3 is 6.18 Å². The topological polar surface area (TPSA) is 80.6 Å². The van der Waals surface area contributed by atoms with Gasteiger partial charge in [-0.3, -0.25) is 14.2 Å². The van der Waals surface area contributed by atoms with Crippen LogP contribution in [0.25, 0.3) is 5.69 Å². The predicted octanol–water partition coefficient (Wildman–Crippen LogP) is 5.10. The number of aliphatic hydroxyl groups is 1. The summed E-state index contributed by atoms with van der Waals surface area (Å²) in [5, 5.41) is 12.9. The van der Waals surface area contributed by atoms with Crippen molar-refractivity contribution in [2.75, 3.05) is 11.9 Å². The zero-order valence-corrected chi connectivity index (χ0v) is 19.2. The minimum absolute atomic E-state index is 0.140. The lowest BCUT2D eigenvalue weighted by atomic mass is 9.93. The molecule has 0 saturated heterocycles. The molecule has 1 aromatic heterocycles. The van der Waals surface area contributed by atoms with Gasteiger partial charge in [-0.25, -0.2) is 4.39 Å². The van der Waals surface area contributed by atoms with Gasteiger partial charge in [0, 0.05) is 17.4 Å². The minimum Gasteiger partial charge on any atom is -0.482 e. The molecule has 186 valence electrons. The molecule has 0 aliphatic rings. The van der Waals surface area contributed by atoms with Crippen molar-refractivity contribution in [1.29, 1.82) is 0 Å². The summed E-state index contributed by atoms with van der Waals surface area (Å²) in [5.41, 5.74) is -0.969. The average Bonchev–Trinajstić information content (AvgIpc) is 2.78. The fourth-order valence-corrected chi connectivity index (χ4v) is 3.37. The number of nitrogens with zero attached hydrogens (tertiary/aromatic N) is 1. The summed E-state index contributed by atoms with van der Waals surface area (Å²) in [6.07, 6.45) is -4.19. The number of amides is 1. The number of ether oxygens (including phenoxy) is 1. The molecule has 35 heavy (non-hydrogen) atoms. The number of hydrogen-bond acceptors (Lipinski definition) is 4. The van der Waals surface area contributed by atoms with Crippen LogP contribution in [-0.2, 0) is 5.60 Å². The van der Waals surface area contributed by atoms with Crippen LogP contribution in [0, 0.1) is 12.7 Å². The number of hydrogen-bond donors (Lipinski definition) is 2. The summed E-state index contributed by atoms with van der Waals surface area (Å²) in [7, 11) is 0. The van der Waals surface area contributed by atoms with Crippen LogP contribution in [0.1, 0.15) is 41.9 Å². The number of carbonyl (C=O) groups excluding carboxylic acids is 1. The molecule has 10 heteroatoms. The Balaban J connectivity index is 1.95. The largest absolute Gasteiger partial charge is 0.482 e. The third-order valence-electron chi connectivity index (χ3n) is 5.53. The number of aryl methyl sites for hydroxylation is 1. The van der Waals surface area contributed by atoms with Crippen molar-refractivity contribution in [3.63, 3.8) is 0 Å². The second-order valence-electron chi connectivity index (χ2n) is 8.20. The highest BCUT2D eigenvalue weighted by molar-refractivity contribution is 6.04. The van der Waals surface area contributed by atoms with E-state index in [1.54, 1.807) is 31.2 Å². The summed E-state index contributed by atoms with van der Waals surface area (Å²) in [4.78, 5) is 26.0. The molecule has 0 saturated carbocycles. The Morgan fingerprint density at radius 3 is 2.34 bits per heavy atom. The quantitative estimate of drug-likeness (QED) is 0.450. The number of halogens is 4. The number of pyridine rings is 1. The van der Waals surface area contributed by atoms with Gasteiger partial charge in [-0.05, 0) is 62.2 Å². The molecule has 1 heterocycles. The van der Waals surface area contributed by atoms with Gasteiger partial charge in [0.15, 0.2) is 6.61 Å². The second kappa shape index (κ2) is 9.91. The van der Waals surface area contributed by atoms with Crippen LogP contribution < -0.4 is 15.6 Å². The van der Waals surface area contributed by atoms with E-state index >= 15 is 0 Å². The van der Waals surface area contributed by atoms with Crippen LogP contribution in [0.3, 0.4) is 0 Å². The molecule has 6 nitrogen and oxygen atoms in total. The molecular formula is C25H24F4N2O4. The Labute approximate surface area is 198 Å². The molecule has 0 aliphatic heterocycles. The predicted molar refractivity (Wildman–Crippen MR) is 123 cm³/mol. The fourth-order valence-electron chi connectivity index (χ4n) is 3.37. The van der Waals surface area contributed by atoms with E-state index in [4.69, 9.17) is 4.74 Å². The van der Waals surface area contributed by atoms with Gasteiger partial charge in [-0.15, -0.1) is 0 Å². The zero-order chi connectivity index (χ0) is 26.0. The number of carbonyl (C=O) groups is 1. The lowest BCUT2D eigenvalue weighted by Gasteiger charge is -2.22. The van der Waals surface area contributed by atoms with Crippen molar-refractivity contribution in [2.45, 2.75) is 39.0 Å². The summed E-state index contributed by atoms with van der Waals surface area (Å²) < 4.78 is 57.5. The molecule has 1 unspecified atom stereocenters. The Kier molecular flexibility index (Phi) is 7.35. The first-order valence-corrected chi connectivity index (χ1v) is 10.7. The van der Waals surface area contributed by atoms with E-state index in [0.29, 0.717) is 23.4 Å². The molecule has 0 aliphatic carbocycles. The van der Waals surface area contributed by atoms with E-state index < -0.39 is 41.4 Å². The molecule has 2 aromatic carbocycles. The number of alkyl halides is 3. The number of benzene rings is 2. The molecule has 0 radical (unpaired) electrons. The fraction of sp³-hybridized carbons (Fsp3) is 0.280. The maximum atomic E-state index is 13.7. The standard InChI is InChI=1S/C25H24F4N2O4/c1-4-24(3,34)16-6-9-18(10-7-16)30-22(32)19-11-5-15(2)31(23(19)33)20-12-8-17(26)13-21(20)35-14-25(27,28)29/h5-13,34H,4,14H2,1-3H3,(H,30,32). The number of aromatic nitrogens is 1. The van der Waals surface area contributed by atoms with Gasteiger partial charge in [0.05, 0.1) is 11.3 Å². The van der Waals surface area contributed by atoms with Crippen molar-refractivity contribution in [3.8, 4) is 11.4 Å². The van der Waals surface area contributed by atoms with Crippen LogP contribution in [0.2, 0.25) is 0 Å². The highest BCUT2D eigenvalue weighted by Crippen LogP contribution is 2.27. The first kappa shape index (κ1) is 26.0. The van der Waals surface area contributed by atoms with E-state index in [0.717, 1.165) is 22.8 Å². The SMILES string of the molecule is CCC(C)(O)c1ccc(NC(=O)c2ccc(C)n(-c3ccc(F)cc3OCC(F)(F)F)c2=O)cc1. The van der Waals surface area contributed by atoms with Gasteiger partial charge in [0.1, 0.15) is 17.1 Å². The smallest absolute Gasteiger partial charge is 0.422 e. The minimum atomic E-state index is -4.68. The van der Waals surface area contributed by atoms with Crippen LogP contribution in [0.5, 0.6) is 5.75 Å². The van der Waals surface area contributed by atoms with Crippen LogP contribution in [-0.4, -0.2) is 28.4 Å². The van der Waals surface area contributed by atoms with Crippen LogP contribution in [0.4, 0.5) is 23.2 Å². The monoisotopic (exact) mass is 492 g/mol. The van der Waals surface area contributed by atoms with Crippen molar-refractivity contribution < 1.29 is 32.2 Å². The van der Waals surface area contributed by atoms with Gasteiger partial charge in [-0.1, -0.05) is 19.1 Å². The highest BCUT2D eigenvalue weighted by Gasteiger charge is 2.29. The van der Waals surface area contributed by atoms with Crippen molar-refractivity contribution in [3.05, 3.63) is 87.6 Å². The van der Waals surface area contributed by atoms with Gasteiger partial charge in [0.2, 0.25) is 0 Å². The van der Waals surface area contributed by atoms with Crippen molar-refractivity contribution in [1.82, 2.24) is 4.57 Å². The van der Waals surface area contributed by atoms with E-state index in [-0.39, 0.29) is 11.3 Å². The molecule has 2 N–H and O–H groups in total. The molecule has 0 fully saturated rings. The van der Waals surface area contributed by atoms with E-state index in [9.17, 15) is 32.3 Å². The molecule has 3 aromatic rings. The Morgan fingerprint density at radius 2 is 1.74 bits per heavy atom. The molecular weight excluding hydrogens is 468 g/mol. The summed E-state index contributed by atoms with van der Waals surface area (Å²) in [5.74, 6) is -2.10. The maximum Gasteiger partial charge on any atom is 0.422 e. The Bertz CT molecular complexity index is 1280. The zero-order valence-electron chi connectivity index (χ0n) is 19.2. The number of rotatable bonds is 7. The molecule has 1 amide bonds. The van der Waals surface area contributed by atoms with Crippen LogP contribution in [0.15, 0.2) is 59.4 Å². The van der Waals surface area contributed by atoms with E-state index in [1.165, 1.54) is 19.1 Å². The number of anilines is 1. The lowest BCUT2D eigenvalue weighted by molar-refractivity contribution is -0.153. The second-order valence-corrected chi connectivity index (χ2v) is 8.20. The average molecular weight is 492 g/mol. The van der Waals surface area contributed by atoms with Gasteiger partial charge in [-0.2, -0.15) is 13.2 Å². The first-order valence-electron chi connectivity index (χ1n) is 10.7. The maximum absolute atomic E-state index is 13.7. The Hall–Kier alpha value is -3.66. The molecule has 0 bridgehead atoms. The highest BCUT2D eigenvalue weighted by atomic mass is 19.4. The summed E-state index contributed by atoms with van der Waals surface area (Å²) in [6.45, 7) is 3.33. The first-order chi connectivity index (χ1) is 16.3. The Morgan fingerprint density at radius 1 is 1.09 bits per heavy atom. The number of nitrogens with one attached hydrogen (secondary N) is 1. The molecule has 3 rings (SSSR count). The summed E-state index contributed by atoms with van der Waals surface area (Å²) >= 11 is 0. The van der Waals surface area contributed by atoms with Crippen molar-refractivity contribution in [2.24, 2.45) is 0 Å². The van der Waals surface area contributed by atoms with E-state index in [2.05, 4.69) is 5.32 Å². The third kappa shape index (κ3) is 6.07. The third-order valence-corrected chi connectivity index (χ3v) is 5.53. The van der Waals surface area contributed by atoms with Crippen molar-refractivity contribution >= 4 is 11.6 Å². The van der Waals surface area contributed by atoms with Gasteiger partial charge < -0.3 is 15.2 Å². The van der Waals surface area contributed by atoms with Crippen LogP contribution >= 0.6 is 0 Å². The lowest BCUT2D eigenvalue weighted by Crippen LogP contribution is -2.30. The van der Waals surface area contributed by atoms with E-state index in [1.807, 2.05) is 6.92 Å². The normalized spacial score (nSPS) is 13.3. The summed E-state index contributed by atoms with van der Waals surface area (Å²) in [6, 6.07) is 12.0.